The molecule has 0 saturated heterocycles. The van der Waals surface area contributed by atoms with Gasteiger partial charge < -0.3 is 11.1 Å². The van der Waals surface area contributed by atoms with Crippen LogP contribution in [0, 0.1) is 0 Å². The van der Waals surface area contributed by atoms with Crippen molar-refractivity contribution < 1.29 is 4.79 Å². The number of thioether (sulfide) groups is 1. The molecule has 86 valence electrons. The number of carbonyl (C=O) groups is 1. The number of hydrogen-bond donors (Lipinski definition) is 2. The predicted molar refractivity (Wildman–Crippen MR) is 63.9 cm³/mol. The second kappa shape index (κ2) is 4.34. The van der Waals surface area contributed by atoms with Gasteiger partial charge in [0.1, 0.15) is 0 Å². The molecule has 3 N–H and O–H groups in total. The summed E-state index contributed by atoms with van der Waals surface area (Å²) in [6.45, 7) is 0. The van der Waals surface area contributed by atoms with Gasteiger partial charge in [-0.15, -0.1) is 0 Å². The first-order valence-corrected chi connectivity index (χ1v) is 7.05. The van der Waals surface area contributed by atoms with Gasteiger partial charge in [-0.05, 0) is 44.8 Å². The lowest BCUT2D eigenvalue weighted by Gasteiger charge is -2.39. The minimum absolute atomic E-state index is 0.145. The van der Waals surface area contributed by atoms with Crippen molar-refractivity contribution in [2.75, 3.05) is 6.26 Å². The molecule has 0 aromatic rings. The van der Waals surface area contributed by atoms with Crippen molar-refractivity contribution in [2.45, 2.75) is 55.4 Å². The Morgan fingerprint density at radius 2 is 2.20 bits per heavy atom. The zero-order valence-corrected chi connectivity index (χ0v) is 10.1. The zero-order chi connectivity index (χ0) is 10.9. The largest absolute Gasteiger partial charge is 0.368 e. The highest BCUT2D eigenvalue weighted by atomic mass is 32.2. The van der Waals surface area contributed by atoms with E-state index in [1.54, 1.807) is 0 Å². The summed E-state index contributed by atoms with van der Waals surface area (Å²) in [6.07, 6.45) is 8.73. The lowest BCUT2D eigenvalue weighted by molar-refractivity contribution is -0.125. The molecular weight excluding hydrogens is 208 g/mol. The summed E-state index contributed by atoms with van der Waals surface area (Å²) < 4.78 is 0. The van der Waals surface area contributed by atoms with E-state index < -0.39 is 5.54 Å². The third kappa shape index (κ3) is 2.48. The monoisotopic (exact) mass is 228 g/mol. The van der Waals surface area contributed by atoms with Crippen LogP contribution in [0.1, 0.15) is 38.5 Å². The van der Waals surface area contributed by atoms with Crippen molar-refractivity contribution in [3.63, 3.8) is 0 Å². The van der Waals surface area contributed by atoms with E-state index in [1.807, 2.05) is 11.8 Å². The first-order chi connectivity index (χ1) is 7.16. The number of amides is 1. The Kier molecular flexibility index (Phi) is 3.26. The Hall–Kier alpha value is -0.220. The quantitative estimate of drug-likeness (QED) is 0.762. The van der Waals surface area contributed by atoms with Crippen LogP contribution in [0.15, 0.2) is 0 Å². The molecule has 2 unspecified atom stereocenters. The van der Waals surface area contributed by atoms with Gasteiger partial charge in [0.2, 0.25) is 5.91 Å². The molecule has 0 aliphatic heterocycles. The fraction of sp³-hybridized carbons (Fsp3) is 0.909. The van der Waals surface area contributed by atoms with Crippen LogP contribution in [-0.4, -0.2) is 29.0 Å². The molecule has 2 aliphatic carbocycles. The fourth-order valence-electron chi connectivity index (χ4n) is 2.47. The minimum atomic E-state index is -0.396. The topological polar surface area (TPSA) is 55.1 Å². The number of rotatable bonds is 4. The molecule has 3 nitrogen and oxygen atoms in total. The second-order valence-electron chi connectivity index (χ2n) is 4.82. The summed E-state index contributed by atoms with van der Waals surface area (Å²) in [5.74, 6) is -0.145. The van der Waals surface area contributed by atoms with Crippen LogP contribution in [0.2, 0.25) is 0 Å². The van der Waals surface area contributed by atoms with Gasteiger partial charge in [-0.3, -0.25) is 4.79 Å². The van der Waals surface area contributed by atoms with Gasteiger partial charge in [0.25, 0.3) is 0 Å². The third-order valence-electron chi connectivity index (χ3n) is 3.57. The summed E-state index contributed by atoms with van der Waals surface area (Å²) in [7, 11) is 0. The van der Waals surface area contributed by atoms with Crippen molar-refractivity contribution in [3.8, 4) is 0 Å². The van der Waals surface area contributed by atoms with E-state index in [0.717, 1.165) is 19.3 Å². The highest BCUT2D eigenvalue weighted by molar-refractivity contribution is 7.99. The maximum atomic E-state index is 11.7. The number of nitrogens with one attached hydrogen (secondary N) is 1. The van der Waals surface area contributed by atoms with E-state index in [4.69, 9.17) is 5.73 Å². The zero-order valence-electron chi connectivity index (χ0n) is 9.29. The molecule has 0 radical (unpaired) electrons. The lowest BCUT2D eigenvalue weighted by atomic mass is 9.80. The number of primary amides is 1. The van der Waals surface area contributed by atoms with E-state index in [2.05, 4.69) is 11.6 Å². The molecule has 0 heterocycles. The molecular formula is C11H20N2OS. The van der Waals surface area contributed by atoms with Crippen LogP contribution in [0.3, 0.4) is 0 Å². The van der Waals surface area contributed by atoms with Gasteiger partial charge in [-0.1, -0.05) is 0 Å². The molecule has 1 amide bonds. The number of carbonyl (C=O) groups excluding carboxylic acids is 1. The maximum absolute atomic E-state index is 11.7. The lowest BCUT2D eigenvalue weighted by Crippen LogP contribution is -2.59. The van der Waals surface area contributed by atoms with Gasteiger partial charge in [0, 0.05) is 11.3 Å². The summed E-state index contributed by atoms with van der Waals surface area (Å²) in [4.78, 5) is 11.7. The molecule has 2 atom stereocenters. The molecule has 2 saturated carbocycles. The SMILES string of the molecule is CSC1CCCC(NC2CC2)(C(N)=O)C1. The van der Waals surface area contributed by atoms with Crippen LogP contribution in [0.4, 0.5) is 0 Å². The number of hydrogen-bond acceptors (Lipinski definition) is 3. The van der Waals surface area contributed by atoms with Crippen molar-refractivity contribution in [1.29, 1.82) is 0 Å². The van der Waals surface area contributed by atoms with Crippen LogP contribution in [0.25, 0.3) is 0 Å². The molecule has 2 fully saturated rings. The first kappa shape index (κ1) is 11.3. The molecule has 4 heteroatoms. The van der Waals surface area contributed by atoms with Crippen LogP contribution >= 0.6 is 11.8 Å². The molecule has 0 aromatic heterocycles. The summed E-state index contributed by atoms with van der Waals surface area (Å²) >= 11 is 1.87. The summed E-state index contributed by atoms with van der Waals surface area (Å²) in [5.41, 5.74) is 5.19. The van der Waals surface area contributed by atoms with Crippen molar-refractivity contribution in [2.24, 2.45) is 5.73 Å². The van der Waals surface area contributed by atoms with Crippen LogP contribution in [0.5, 0.6) is 0 Å². The Morgan fingerprint density at radius 1 is 1.47 bits per heavy atom. The smallest absolute Gasteiger partial charge is 0.237 e. The highest BCUT2D eigenvalue weighted by Crippen LogP contribution is 2.36. The van der Waals surface area contributed by atoms with Gasteiger partial charge in [0.15, 0.2) is 0 Å². The Morgan fingerprint density at radius 3 is 2.73 bits per heavy atom. The third-order valence-corrected chi connectivity index (χ3v) is 4.64. The van der Waals surface area contributed by atoms with E-state index in [0.29, 0.717) is 11.3 Å². The Labute approximate surface area is 95.6 Å². The molecule has 0 spiro atoms. The number of nitrogens with two attached hydrogens (primary N) is 1. The van der Waals surface area contributed by atoms with E-state index in [1.165, 1.54) is 19.3 Å². The van der Waals surface area contributed by atoms with Crippen molar-refractivity contribution >= 4 is 17.7 Å². The van der Waals surface area contributed by atoms with Crippen molar-refractivity contribution in [3.05, 3.63) is 0 Å². The molecule has 2 rings (SSSR count). The summed E-state index contributed by atoms with van der Waals surface area (Å²) in [6, 6.07) is 0.554. The summed E-state index contributed by atoms with van der Waals surface area (Å²) in [5, 5.41) is 4.08. The van der Waals surface area contributed by atoms with E-state index in [-0.39, 0.29) is 5.91 Å². The fourth-order valence-corrected chi connectivity index (χ4v) is 3.32. The molecule has 0 aromatic carbocycles. The predicted octanol–water partition coefficient (Wildman–Crippen LogP) is 1.27. The van der Waals surface area contributed by atoms with E-state index in [9.17, 15) is 4.79 Å². The van der Waals surface area contributed by atoms with Gasteiger partial charge >= 0.3 is 0 Å². The Bertz CT molecular complexity index is 255. The van der Waals surface area contributed by atoms with Crippen LogP contribution < -0.4 is 11.1 Å². The normalized spacial score (nSPS) is 36.5. The van der Waals surface area contributed by atoms with Gasteiger partial charge in [-0.2, -0.15) is 11.8 Å². The van der Waals surface area contributed by atoms with Crippen molar-refractivity contribution in [1.82, 2.24) is 5.32 Å². The first-order valence-electron chi connectivity index (χ1n) is 5.77. The average molecular weight is 228 g/mol. The minimum Gasteiger partial charge on any atom is -0.368 e. The van der Waals surface area contributed by atoms with Gasteiger partial charge in [0.05, 0.1) is 5.54 Å². The maximum Gasteiger partial charge on any atom is 0.237 e. The van der Waals surface area contributed by atoms with E-state index >= 15 is 0 Å². The van der Waals surface area contributed by atoms with Gasteiger partial charge in [-0.25, -0.2) is 0 Å². The average Bonchev–Trinajstić information content (AvgIpc) is 3.01. The second-order valence-corrected chi connectivity index (χ2v) is 5.96. The molecule has 15 heavy (non-hydrogen) atoms. The van der Waals surface area contributed by atoms with Crippen LogP contribution in [-0.2, 0) is 4.79 Å². The Balaban J connectivity index is 2.05. The molecule has 0 bridgehead atoms. The standard InChI is InChI=1S/C11H20N2OS/c1-15-9-3-2-6-11(7-9,10(12)14)13-8-4-5-8/h8-9,13H,2-7H2,1H3,(H2,12,14). The highest BCUT2D eigenvalue weighted by Gasteiger charge is 2.44. The molecule has 2 aliphatic rings.